The third-order valence-electron chi connectivity index (χ3n) is 4.97. The molecule has 0 bridgehead atoms. The van der Waals surface area contributed by atoms with Gasteiger partial charge < -0.3 is 18.7 Å². The molecule has 3 N–H and O–H groups in total. The lowest BCUT2D eigenvalue weighted by Gasteiger charge is -2.26. The fourth-order valence-corrected chi connectivity index (χ4v) is 3.09. The minimum Gasteiger partial charge on any atom is -0.455 e. The van der Waals surface area contributed by atoms with Crippen molar-refractivity contribution in [2.24, 2.45) is 5.10 Å². The standard InChI is InChI=1S/C22H27N5O7/c1-25(16-33-21(29)15-26-9-12-32-13-10-26)22(30)27(8-11-28)23-14-19-6-7-20(34-19)17-2-4-18(24-31)5-3-17/h2-7,11,14,24,31H,8-10,12-13,15-16H2,1H3/p+1/b23-14+. The van der Waals surface area contributed by atoms with Gasteiger partial charge in [-0.1, -0.05) is 0 Å². The molecule has 0 aliphatic carbocycles. The number of ether oxygens (including phenoxy) is 2. The van der Waals surface area contributed by atoms with E-state index in [9.17, 15) is 14.4 Å². The second-order valence-electron chi connectivity index (χ2n) is 7.46. The van der Waals surface area contributed by atoms with Gasteiger partial charge in [-0.15, -0.1) is 0 Å². The van der Waals surface area contributed by atoms with E-state index in [1.165, 1.54) is 13.3 Å². The number of nitrogens with zero attached hydrogens (tertiary/aromatic N) is 4. The number of hydrogen-bond acceptors (Lipinski definition) is 9. The molecular weight excluding hydrogens is 446 g/mol. The van der Waals surface area contributed by atoms with E-state index >= 15 is 0 Å². The van der Waals surface area contributed by atoms with Crippen LogP contribution in [0.4, 0.5) is 10.5 Å². The second-order valence-corrected chi connectivity index (χ2v) is 7.46. The van der Waals surface area contributed by atoms with Gasteiger partial charge in [-0.25, -0.2) is 15.0 Å². The molecule has 0 unspecified atom stereocenters. The summed E-state index contributed by atoms with van der Waals surface area (Å²) in [5.74, 6) is 0.486. The third kappa shape index (κ3) is 7.22. The summed E-state index contributed by atoms with van der Waals surface area (Å²) >= 11 is 0. The summed E-state index contributed by atoms with van der Waals surface area (Å²) in [6.07, 6.45) is 1.86. The van der Waals surface area contributed by atoms with E-state index in [0.29, 0.717) is 49.8 Å². The summed E-state index contributed by atoms with van der Waals surface area (Å²) in [6, 6.07) is 9.85. The first kappa shape index (κ1) is 25.1. The Labute approximate surface area is 196 Å². The number of carbonyl (C=O) groups excluding carboxylic acids is 3. The van der Waals surface area contributed by atoms with Crippen molar-refractivity contribution in [3.63, 3.8) is 0 Å². The van der Waals surface area contributed by atoms with Crippen molar-refractivity contribution >= 4 is 30.2 Å². The summed E-state index contributed by atoms with van der Waals surface area (Å²) in [5.41, 5.74) is 2.46. The van der Waals surface area contributed by atoms with Crippen LogP contribution in [-0.4, -0.2) is 97.7 Å². The fraction of sp³-hybridized carbons (Fsp3) is 0.364. The molecule has 1 fully saturated rings. The molecule has 0 atom stereocenters. The highest BCUT2D eigenvalue weighted by atomic mass is 16.5. The number of esters is 1. The van der Waals surface area contributed by atoms with Crippen molar-refractivity contribution in [2.45, 2.75) is 0 Å². The maximum absolute atomic E-state index is 12.7. The van der Waals surface area contributed by atoms with Gasteiger partial charge in [0.2, 0.25) is 0 Å². The molecule has 2 heterocycles. The third-order valence-corrected chi connectivity index (χ3v) is 4.97. The van der Waals surface area contributed by atoms with Crippen LogP contribution in [-0.2, 0) is 19.1 Å². The van der Waals surface area contributed by atoms with Gasteiger partial charge in [0.15, 0.2) is 12.4 Å². The summed E-state index contributed by atoms with van der Waals surface area (Å²) in [6.45, 7) is 1.97. The number of carbonyl (C=O) groups is 3. The van der Waals surface area contributed by atoms with Crippen LogP contribution >= 0.6 is 0 Å². The molecule has 182 valence electrons. The van der Waals surface area contributed by atoms with Crippen molar-refractivity contribution < 1.29 is 39.0 Å². The predicted molar refractivity (Wildman–Crippen MR) is 119 cm³/mol. The second kappa shape index (κ2) is 12.6. The summed E-state index contributed by atoms with van der Waals surface area (Å²) in [4.78, 5) is 38.8. The lowest BCUT2D eigenvalue weighted by atomic mass is 10.1. The quantitative estimate of drug-likeness (QED) is 0.125. The van der Waals surface area contributed by atoms with Gasteiger partial charge in [0.1, 0.15) is 24.4 Å². The highest BCUT2D eigenvalue weighted by molar-refractivity contribution is 5.81. The molecule has 1 saturated heterocycles. The van der Waals surface area contributed by atoms with Crippen LogP contribution in [0.3, 0.4) is 0 Å². The lowest BCUT2D eigenvalue weighted by molar-refractivity contribution is -0.825. The van der Waals surface area contributed by atoms with Crippen molar-refractivity contribution in [3.05, 3.63) is 42.2 Å². The van der Waals surface area contributed by atoms with Crippen molar-refractivity contribution in [3.8, 4) is 11.3 Å². The van der Waals surface area contributed by atoms with Gasteiger partial charge in [-0.3, -0.25) is 14.6 Å². The Bertz CT molecular complexity index is 986. The number of hydrogen-bond donors (Lipinski definition) is 2. The number of urea groups is 1. The number of nitrogens with two attached hydrogens (primary N) is 1. The van der Waals surface area contributed by atoms with Gasteiger partial charge >= 0.3 is 12.0 Å². The van der Waals surface area contributed by atoms with Gasteiger partial charge in [0, 0.05) is 37.8 Å². The molecule has 1 aliphatic heterocycles. The van der Waals surface area contributed by atoms with E-state index in [1.54, 1.807) is 36.4 Å². The Morgan fingerprint density at radius 3 is 2.62 bits per heavy atom. The number of hydrazone groups is 1. The number of quaternary nitrogens is 1. The Morgan fingerprint density at radius 1 is 1.21 bits per heavy atom. The molecule has 34 heavy (non-hydrogen) atoms. The molecule has 0 saturated carbocycles. The SMILES string of the molecule is CN(COC(=O)CN1CCOCC1)C(=O)N(CC=O)/N=C/c1ccc(-c2ccc([NH2+]O)cc2)o1. The van der Waals surface area contributed by atoms with Gasteiger partial charge in [-0.05, 0) is 24.3 Å². The number of benzene rings is 1. The average molecular weight is 474 g/mol. The molecule has 1 aromatic heterocycles. The molecule has 12 nitrogen and oxygen atoms in total. The van der Waals surface area contributed by atoms with E-state index in [2.05, 4.69) is 5.10 Å². The van der Waals surface area contributed by atoms with Crippen molar-refractivity contribution in [1.29, 1.82) is 0 Å². The Kier molecular flexibility index (Phi) is 9.29. The first-order valence-electron chi connectivity index (χ1n) is 10.6. The molecule has 0 spiro atoms. The first-order chi connectivity index (χ1) is 16.5. The van der Waals surface area contributed by atoms with E-state index in [1.807, 2.05) is 4.90 Å². The van der Waals surface area contributed by atoms with Gasteiger partial charge in [0.25, 0.3) is 0 Å². The van der Waals surface area contributed by atoms with Crippen LogP contribution in [0.2, 0.25) is 0 Å². The van der Waals surface area contributed by atoms with Crippen LogP contribution in [0, 0.1) is 0 Å². The molecule has 1 aliphatic rings. The fourth-order valence-electron chi connectivity index (χ4n) is 3.09. The zero-order valence-electron chi connectivity index (χ0n) is 18.8. The topological polar surface area (TPSA) is 142 Å². The smallest absolute Gasteiger partial charge is 0.343 e. The highest BCUT2D eigenvalue weighted by Gasteiger charge is 2.20. The van der Waals surface area contributed by atoms with Crippen molar-refractivity contribution in [2.75, 3.05) is 53.2 Å². The summed E-state index contributed by atoms with van der Waals surface area (Å²) in [5, 5.41) is 14.0. The number of morpholine rings is 1. The Balaban J connectivity index is 1.54. The molecule has 1 aromatic carbocycles. The maximum atomic E-state index is 12.7. The van der Waals surface area contributed by atoms with Crippen LogP contribution in [0.25, 0.3) is 11.3 Å². The van der Waals surface area contributed by atoms with Gasteiger partial charge in [-0.2, -0.15) is 10.6 Å². The van der Waals surface area contributed by atoms with Gasteiger partial charge in [0.05, 0.1) is 26.0 Å². The minimum atomic E-state index is -0.620. The predicted octanol–water partition coefficient (Wildman–Crippen LogP) is 0.250. The van der Waals surface area contributed by atoms with E-state index < -0.39 is 12.0 Å². The average Bonchev–Trinajstić information content (AvgIpc) is 3.34. The number of rotatable bonds is 10. The molecule has 3 rings (SSSR count). The molecule has 2 aromatic rings. The van der Waals surface area contributed by atoms with E-state index in [0.717, 1.165) is 21.0 Å². The zero-order valence-corrected chi connectivity index (χ0v) is 18.8. The van der Waals surface area contributed by atoms with E-state index in [4.69, 9.17) is 19.1 Å². The summed E-state index contributed by atoms with van der Waals surface area (Å²) in [7, 11) is 1.44. The molecular formula is C22H28N5O7+. The molecule has 12 heteroatoms. The maximum Gasteiger partial charge on any atom is 0.343 e. The molecule has 0 radical (unpaired) electrons. The Hall–Kier alpha value is -3.58. The molecule has 2 amide bonds. The van der Waals surface area contributed by atoms with Crippen LogP contribution in [0.5, 0.6) is 0 Å². The number of amides is 2. The minimum absolute atomic E-state index is 0.114. The van der Waals surface area contributed by atoms with Crippen LogP contribution in [0.15, 0.2) is 45.9 Å². The number of furan rings is 1. The largest absolute Gasteiger partial charge is 0.455 e. The first-order valence-corrected chi connectivity index (χ1v) is 10.6. The van der Waals surface area contributed by atoms with E-state index in [-0.39, 0.29) is 19.8 Å². The van der Waals surface area contributed by atoms with Crippen LogP contribution < -0.4 is 5.48 Å². The highest BCUT2D eigenvalue weighted by Crippen LogP contribution is 2.22. The monoisotopic (exact) mass is 474 g/mol. The van der Waals surface area contributed by atoms with Crippen molar-refractivity contribution in [1.82, 2.24) is 14.8 Å². The van der Waals surface area contributed by atoms with Crippen LogP contribution in [0.1, 0.15) is 5.76 Å². The lowest BCUT2D eigenvalue weighted by Crippen LogP contribution is -2.73. The normalized spacial score (nSPS) is 14.2. The summed E-state index contributed by atoms with van der Waals surface area (Å²) < 4.78 is 16.1. The zero-order chi connectivity index (χ0) is 24.3. The number of aldehydes is 1. The Morgan fingerprint density at radius 2 is 1.94 bits per heavy atom.